The molecule has 0 atom stereocenters. The molecule has 2 N–H and O–H groups in total. The van der Waals surface area contributed by atoms with Crippen LogP contribution in [0.5, 0.6) is 0 Å². The molecule has 2 nitrogen and oxygen atoms in total. The third-order valence-electron chi connectivity index (χ3n) is 7.86. The summed E-state index contributed by atoms with van der Waals surface area (Å²) in [6, 6.07) is 0. The molecular weight excluding hydrogens is 622 g/mol. The normalized spacial score (nSPS) is 11.0. The topological polar surface area (TPSA) is 40.5 Å². The molecule has 0 heterocycles. The van der Waals surface area contributed by atoms with Crippen molar-refractivity contribution in [2.45, 2.75) is 120 Å². The number of hydrogen-bond acceptors (Lipinski definition) is 2. The number of hydrogen-bond donors (Lipinski definition) is 2. The van der Waals surface area contributed by atoms with Gasteiger partial charge < -0.3 is 44.7 Å². The summed E-state index contributed by atoms with van der Waals surface area (Å²) >= 11 is 0. The first-order valence-electron chi connectivity index (χ1n) is 14.6. The van der Waals surface area contributed by atoms with Crippen LogP contribution in [0.4, 0.5) is 34.5 Å². The Labute approximate surface area is 264 Å². The molecule has 2 aromatic rings. The predicted molar refractivity (Wildman–Crippen MR) is 161 cm³/mol. The zero-order chi connectivity index (χ0) is 33.3. The molecule has 0 spiro atoms. The maximum absolute atomic E-state index is 9.75. The fraction of sp³-hybridized carbons (Fsp3) is 0.667. The van der Waals surface area contributed by atoms with Gasteiger partial charge in [-0.2, -0.15) is 55.6 Å². The maximum atomic E-state index is 9.75. The third-order valence-corrected chi connectivity index (χ3v) is 7.86. The fourth-order valence-electron chi connectivity index (χ4n) is 4.88. The number of aliphatic hydroxyl groups is 2. The smallest absolute Gasteiger partial charge is 0.418 e. The first-order chi connectivity index (χ1) is 19.2. The van der Waals surface area contributed by atoms with Gasteiger partial charge in [-0.05, 0) is 12.8 Å². The molecule has 0 unspecified atom stereocenters. The van der Waals surface area contributed by atoms with E-state index in [2.05, 4.69) is 55.4 Å². The van der Waals surface area contributed by atoms with E-state index < -0.39 is 14.5 Å². The quantitative estimate of drug-likeness (QED) is 0.102. The minimum atomic E-state index is -6.00. The van der Waals surface area contributed by atoms with Gasteiger partial charge in [-0.25, -0.2) is 0 Å². The molecule has 0 fully saturated rings. The van der Waals surface area contributed by atoms with Crippen molar-refractivity contribution in [3.8, 4) is 0 Å². The van der Waals surface area contributed by atoms with Gasteiger partial charge in [-0.15, -0.1) is 0 Å². The Balaban J connectivity index is -0.000000558. The van der Waals surface area contributed by atoms with Crippen LogP contribution in [0.15, 0.2) is 0 Å². The van der Waals surface area contributed by atoms with Crippen molar-refractivity contribution in [1.82, 2.24) is 0 Å². The second-order valence-electron chi connectivity index (χ2n) is 10.7. The minimum absolute atomic E-state index is 0. The summed E-state index contributed by atoms with van der Waals surface area (Å²) < 4.78 is 78.0. The summed E-state index contributed by atoms with van der Waals surface area (Å²) in [6.07, 6.45) is 11.6. The van der Waals surface area contributed by atoms with Gasteiger partial charge in [0.15, 0.2) is 0 Å². The maximum Gasteiger partial charge on any atom is 2.00 e. The van der Waals surface area contributed by atoms with Crippen LogP contribution in [-0.4, -0.2) is 37.9 Å². The zero-order valence-electron chi connectivity index (χ0n) is 26.9. The van der Waals surface area contributed by atoms with Gasteiger partial charge in [-0.3, -0.25) is 0 Å². The Bertz CT molecular complexity index is 873. The monoisotopic (exact) mass is 672 g/mol. The molecule has 2 aromatic carbocycles. The van der Waals surface area contributed by atoms with E-state index >= 15 is 0 Å². The Morgan fingerprint density at radius 2 is 0.698 bits per heavy atom. The van der Waals surface area contributed by atoms with Crippen LogP contribution in [0.25, 0.3) is 0 Å². The first-order valence-corrected chi connectivity index (χ1v) is 14.6. The average molecular weight is 672 g/mol. The molecule has 0 aliphatic rings. The molecule has 0 aliphatic heterocycles. The van der Waals surface area contributed by atoms with Crippen LogP contribution in [0.1, 0.15) is 107 Å². The summed E-state index contributed by atoms with van der Waals surface area (Å²) in [7, 11) is -12.0. The molecule has 13 heteroatoms. The van der Waals surface area contributed by atoms with Crippen molar-refractivity contribution in [2.75, 3.05) is 13.2 Å². The summed E-state index contributed by atoms with van der Waals surface area (Å²) in [5.41, 5.74) is 15.0. The molecule has 0 bridgehead atoms. The second-order valence-corrected chi connectivity index (χ2v) is 10.7. The van der Waals surface area contributed by atoms with Gasteiger partial charge in [0.2, 0.25) is 0 Å². The summed E-state index contributed by atoms with van der Waals surface area (Å²) in [5.74, 6) is 0. The minimum Gasteiger partial charge on any atom is -0.418 e. The number of halogens is 8. The van der Waals surface area contributed by atoms with Crippen molar-refractivity contribution < 1.29 is 61.8 Å². The molecule has 0 radical (unpaired) electrons. The zero-order valence-corrected chi connectivity index (χ0v) is 28.0. The van der Waals surface area contributed by atoms with Gasteiger partial charge >= 0.3 is 31.6 Å². The third kappa shape index (κ3) is 22.0. The van der Waals surface area contributed by atoms with E-state index in [-0.39, 0.29) is 17.1 Å². The largest absolute Gasteiger partial charge is 2.00 e. The molecule has 0 saturated heterocycles. The molecule has 0 aromatic heterocycles. The Hall–Kier alpha value is -1.29. The van der Waals surface area contributed by atoms with Crippen LogP contribution in [0, 0.1) is 55.4 Å². The molecule has 43 heavy (non-hydrogen) atoms. The van der Waals surface area contributed by atoms with Crippen LogP contribution < -0.4 is 0 Å². The van der Waals surface area contributed by atoms with Crippen molar-refractivity contribution in [1.29, 1.82) is 0 Å². The number of unbranched alkanes of at least 4 members (excludes halogenated alkanes) is 6. The van der Waals surface area contributed by atoms with Gasteiger partial charge in [-0.1, -0.05) is 107 Å². The number of aliphatic hydroxyl groups excluding tert-OH is 2. The first kappa shape index (κ1) is 46.1. The fourth-order valence-corrected chi connectivity index (χ4v) is 4.88. The standard InChI is InChI=1S/2C15H25O.2BF4.Fe/c2*1-11-12(2)14(4)15(13(11)3)9-7-5-6-8-10-16;2*2-1(3,4)5;/h2*16H,5-10H2,1-4H3;;;/q4*-1;+2. The van der Waals surface area contributed by atoms with Crippen LogP contribution in [0.3, 0.4) is 0 Å². The van der Waals surface area contributed by atoms with E-state index in [1.54, 1.807) is 11.1 Å². The molecule has 0 aliphatic carbocycles. The molecular formula is C30H50B2F8FeO2-2. The predicted octanol–water partition coefficient (Wildman–Crippen LogP) is 10.1. The Kier molecular flexibility index (Phi) is 24.8. The Morgan fingerprint density at radius 3 is 0.884 bits per heavy atom. The van der Waals surface area contributed by atoms with Crippen LogP contribution in [-0.2, 0) is 29.9 Å². The summed E-state index contributed by atoms with van der Waals surface area (Å²) in [5, 5.41) is 17.4. The summed E-state index contributed by atoms with van der Waals surface area (Å²) in [6.45, 7) is 18.6. The Morgan fingerprint density at radius 1 is 0.465 bits per heavy atom. The second kappa shape index (κ2) is 23.1. The van der Waals surface area contributed by atoms with E-state index in [4.69, 9.17) is 10.2 Å². The van der Waals surface area contributed by atoms with Crippen molar-refractivity contribution in [3.63, 3.8) is 0 Å². The molecule has 2 rings (SSSR count). The average Bonchev–Trinajstić information content (AvgIpc) is 3.16. The van der Waals surface area contributed by atoms with Crippen molar-refractivity contribution >= 4 is 14.5 Å². The van der Waals surface area contributed by atoms with Crippen molar-refractivity contribution in [2.24, 2.45) is 0 Å². The number of rotatable bonds is 12. The molecule has 254 valence electrons. The van der Waals surface area contributed by atoms with Crippen LogP contribution >= 0.6 is 0 Å². The SMILES string of the molecule is Cc1c(C)c(CCCCCCO)[c-](C)c1C.Cc1c(C)c(CCCCCCO)[c-](C)c1C.F[B-](F)(F)F.F[B-](F)(F)F.[Fe+2]. The van der Waals surface area contributed by atoms with Crippen LogP contribution in [0.2, 0.25) is 0 Å². The van der Waals surface area contributed by atoms with Crippen molar-refractivity contribution in [3.05, 3.63) is 55.6 Å². The van der Waals surface area contributed by atoms with E-state index in [0.29, 0.717) is 13.2 Å². The molecule has 0 saturated carbocycles. The van der Waals surface area contributed by atoms with E-state index in [0.717, 1.165) is 25.7 Å². The van der Waals surface area contributed by atoms with Gasteiger partial charge in [0.05, 0.1) is 0 Å². The van der Waals surface area contributed by atoms with Gasteiger partial charge in [0.25, 0.3) is 0 Å². The van der Waals surface area contributed by atoms with E-state index in [1.807, 2.05) is 0 Å². The van der Waals surface area contributed by atoms with Gasteiger partial charge in [0.1, 0.15) is 0 Å². The summed E-state index contributed by atoms with van der Waals surface area (Å²) in [4.78, 5) is 0. The van der Waals surface area contributed by atoms with E-state index in [9.17, 15) is 34.5 Å². The van der Waals surface area contributed by atoms with Gasteiger partial charge in [0, 0.05) is 13.2 Å². The molecule has 0 amide bonds. The van der Waals surface area contributed by atoms with E-state index in [1.165, 1.54) is 83.0 Å².